The monoisotopic (exact) mass is 261 g/mol. The highest BCUT2D eigenvalue weighted by molar-refractivity contribution is 5.91. The first-order valence-electron chi connectivity index (χ1n) is 6.72. The number of benzene rings is 1. The van der Waals surface area contributed by atoms with Gasteiger partial charge < -0.3 is 4.74 Å². The summed E-state index contributed by atoms with van der Waals surface area (Å²) in [5.74, 6) is 0. The molecule has 1 aromatic carbocycles. The fraction of sp³-hybridized carbons (Fsp3) is 0.562. The first kappa shape index (κ1) is 13.9. The Bertz CT molecular complexity index is 512. The van der Waals surface area contributed by atoms with E-state index in [0.717, 1.165) is 5.69 Å². The molecule has 19 heavy (non-hydrogen) atoms. The van der Waals surface area contributed by atoms with Gasteiger partial charge in [0.05, 0.1) is 5.69 Å². The van der Waals surface area contributed by atoms with E-state index in [2.05, 4.69) is 26.8 Å². The van der Waals surface area contributed by atoms with Gasteiger partial charge in [-0.1, -0.05) is 31.5 Å². The third-order valence-electron chi connectivity index (χ3n) is 3.34. The molecule has 0 N–H and O–H groups in total. The van der Waals surface area contributed by atoms with Crippen LogP contribution < -0.4 is 4.90 Å². The number of hydrogen-bond acceptors (Lipinski definition) is 2. The molecule has 0 saturated heterocycles. The summed E-state index contributed by atoms with van der Waals surface area (Å²) in [5, 5.41) is 0. The first-order chi connectivity index (χ1) is 8.60. The van der Waals surface area contributed by atoms with Gasteiger partial charge in [-0.15, -0.1) is 0 Å². The second-order valence-electron chi connectivity index (χ2n) is 6.97. The predicted molar refractivity (Wildman–Crippen MR) is 77.8 cm³/mol. The molecule has 0 unspecified atom stereocenters. The zero-order chi connectivity index (χ0) is 14.4. The Morgan fingerprint density at radius 1 is 1.32 bits per heavy atom. The van der Waals surface area contributed by atoms with Crippen LogP contribution >= 0.6 is 0 Å². The second-order valence-corrected chi connectivity index (χ2v) is 6.97. The van der Waals surface area contributed by atoms with Gasteiger partial charge in [-0.25, -0.2) is 4.79 Å². The van der Waals surface area contributed by atoms with Crippen LogP contribution in [0.25, 0.3) is 0 Å². The number of fused-ring (bicyclic) bond motifs is 1. The number of nitrogens with zero attached hydrogens (tertiary/aromatic N) is 1. The van der Waals surface area contributed by atoms with Crippen molar-refractivity contribution in [2.75, 3.05) is 11.4 Å². The van der Waals surface area contributed by atoms with Crippen molar-refractivity contribution in [1.29, 1.82) is 0 Å². The van der Waals surface area contributed by atoms with E-state index >= 15 is 0 Å². The molecule has 1 aliphatic heterocycles. The van der Waals surface area contributed by atoms with E-state index in [1.807, 2.05) is 32.9 Å². The highest BCUT2D eigenvalue weighted by Crippen LogP contribution is 2.41. The standard InChI is InChI=1S/C16H23NO2/c1-11-7-8-13-12(9-11)16(5,6)10-17(13)14(18)19-15(2,3)4/h7-9H,10H2,1-6H3. The molecule has 0 fully saturated rings. The quantitative estimate of drug-likeness (QED) is 0.705. The molecular formula is C16H23NO2. The lowest BCUT2D eigenvalue weighted by atomic mass is 9.86. The van der Waals surface area contributed by atoms with Crippen molar-refractivity contribution in [3.05, 3.63) is 29.3 Å². The summed E-state index contributed by atoms with van der Waals surface area (Å²) >= 11 is 0. The smallest absolute Gasteiger partial charge is 0.414 e. The molecule has 0 spiro atoms. The normalized spacial score (nSPS) is 17.3. The predicted octanol–water partition coefficient (Wildman–Crippen LogP) is 4.03. The highest BCUT2D eigenvalue weighted by atomic mass is 16.6. The average molecular weight is 261 g/mol. The van der Waals surface area contributed by atoms with Gasteiger partial charge in [0.2, 0.25) is 0 Å². The molecule has 3 heteroatoms. The largest absolute Gasteiger partial charge is 0.443 e. The van der Waals surface area contributed by atoms with E-state index in [1.54, 1.807) is 4.90 Å². The summed E-state index contributed by atoms with van der Waals surface area (Å²) < 4.78 is 5.49. The zero-order valence-electron chi connectivity index (χ0n) is 12.7. The summed E-state index contributed by atoms with van der Waals surface area (Å²) in [5.41, 5.74) is 2.92. The average Bonchev–Trinajstić information content (AvgIpc) is 2.49. The highest BCUT2D eigenvalue weighted by Gasteiger charge is 2.39. The summed E-state index contributed by atoms with van der Waals surface area (Å²) in [6, 6.07) is 6.22. The molecule has 2 rings (SSSR count). The number of carbonyl (C=O) groups is 1. The van der Waals surface area contributed by atoms with Crippen LogP contribution in [0.1, 0.15) is 45.7 Å². The maximum atomic E-state index is 12.3. The molecule has 3 nitrogen and oxygen atoms in total. The molecule has 0 aliphatic carbocycles. The minimum atomic E-state index is -0.464. The topological polar surface area (TPSA) is 29.5 Å². The van der Waals surface area contributed by atoms with Crippen molar-refractivity contribution in [1.82, 2.24) is 0 Å². The van der Waals surface area contributed by atoms with Crippen LogP contribution in [0.15, 0.2) is 18.2 Å². The summed E-state index contributed by atoms with van der Waals surface area (Å²) in [6.07, 6.45) is -0.261. The van der Waals surface area contributed by atoms with Crippen LogP contribution in [0.3, 0.4) is 0 Å². The van der Waals surface area contributed by atoms with Gasteiger partial charge in [0.15, 0.2) is 0 Å². The molecule has 1 amide bonds. The molecule has 1 aliphatic rings. The third kappa shape index (κ3) is 2.75. The van der Waals surface area contributed by atoms with Crippen molar-refractivity contribution >= 4 is 11.8 Å². The SMILES string of the molecule is Cc1ccc2c(c1)C(C)(C)CN2C(=O)OC(C)(C)C. The van der Waals surface area contributed by atoms with Crippen LogP contribution in [-0.2, 0) is 10.2 Å². The van der Waals surface area contributed by atoms with E-state index in [9.17, 15) is 4.79 Å². The summed E-state index contributed by atoms with van der Waals surface area (Å²) in [4.78, 5) is 14.1. The zero-order valence-corrected chi connectivity index (χ0v) is 12.7. The number of anilines is 1. The second kappa shape index (κ2) is 4.26. The minimum Gasteiger partial charge on any atom is -0.443 e. The molecule has 1 aromatic rings. The lowest BCUT2D eigenvalue weighted by Crippen LogP contribution is -2.38. The molecule has 0 radical (unpaired) electrons. The Hall–Kier alpha value is -1.51. The van der Waals surface area contributed by atoms with Crippen LogP contribution in [0.2, 0.25) is 0 Å². The van der Waals surface area contributed by atoms with Gasteiger partial charge in [0, 0.05) is 12.0 Å². The van der Waals surface area contributed by atoms with Gasteiger partial charge in [-0.2, -0.15) is 0 Å². The van der Waals surface area contributed by atoms with Crippen molar-refractivity contribution in [2.45, 2.75) is 52.6 Å². The fourth-order valence-electron chi connectivity index (χ4n) is 2.47. The van der Waals surface area contributed by atoms with E-state index in [4.69, 9.17) is 4.74 Å². The minimum absolute atomic E-state index is 0.0295. The van der Waals surface area contributed by atoms with Crippen LogP contribution in [-0.4, -0.2) is 18.2 Å². The van der Waals surface area contributed by atoms with Crippen molar-refractivity contribution in [3.63, 3.8) is 0 Å². The van der Waals surface area contributed by atoms with Crippen LogP contribution in [0, 0.1) is 6.92 Å². The summed E-state index contributed by atoms with van der Waals surface area (Å²) in [6.45, 7) is 12.7. The van der Waals surface area contributed by atoms with Gasteiger partial charge in [0.25, 0.3) is 0 Å². The third-order valence-corrected chi connectivity index (χ3v) is 3.34. The summed E-state index contributed by atoms with van der Waals surface area (Å²) in [7, 11) is 0. The van der Waals surface area contributed by atoms with E-state index < -0.39 is 5.60 Å². The molecular weight excluding hydrogens is 238 g/mol. The van der Waals surface area contributed by atoms with Gasteiger partial charge in [0.1, 0.15) is 5.60 Å². The Kier molecular flexibility index (Phi) is 3.12. The van der Waals surface area contributed by atoms with E-state index in [-0.39, 0.29) is 11.5 Å². The molecule has 0 bridgehead atoms. The van der Waals surface area contributed by atoms with Crippen LogP contribution in [0.4, 0.5) is 10.5 Å². The number of rotatable bonds is 0. The molecule has 0 saturated carbocycles. The molecule has 104 valence electrons. The Labute approximate surface area is 115 Å². The Morgan fingerprint density at radius 2 is 1.95 bits per heavy atom. The Morgan fingerprint density at radius 3 is 2.53 bits per heavy atom. The van der Waals surface area contributed by atoms with Gasteiger partial charge in [-0.05, 0) is 39.3 Å². The number of amides is 1. The van der Waals surface area contributed by atoms with E-state index in [0.29, 0.717) is 6.54 Å². The molecule has 1 heterocycles. The first-order valence-corrected chi connectivity index (χ1v) is 6.72. The van der Waals surface area contributed by atoms with Gasteiger partial charge in [-0.3, -0.25) is 4.90 Å². The lowest BCUT2D eigenvalue weighted by molar-refractivity contribution is 0.0579. The molecule has 0 atom stereocenters. The van der Waals surface area contributed by atoms with Crippen LogP contribution in [0.5, 0.6) is 0 Å². The van der Waals surface area contributed by atoms with Crippen molar-refractivity contribution in [2.24, 2.45) is 0 Å². The number of aryl methyl sites for hydroxylation is 1. The Balaban J connectivity index is 2.35. The lowest BCUT2D eigenvalue weighted by Gasteiger charge is -2.25. The number of ether oxygens (including phenoxy) is 1. The number of carbonyl (C=O) groups excluding carboxylic acids is 1. The fourth-order valence-corrected chi connectivity index (χ4v) is 2.47. The van der Waals surface area contributed by atoms with E-state index in [1.165, 1.54) is 11.1 Å². The number of hydrogen-bond donors (Lipinski definition) is 0. The van der Waals surface area contributed by atoms with Gasteiger partial charge >= 0.3 is 6.09 Å². The molecule has 0 aromatic heterocycles. The van der Waals surface area contributed by atoms with Crippen molar-refractivity contribution in [3.8, 4) is 0 Å². The maximum absolute atomic E-state index is 12.3. The maximum Gasteiger partial charge on any atom is 0.414 e. The van der Waals surface area contributed by atoms with Crippen molar-refractivity contribution < 1.29 is 9.53 Å².